The molecule has 0 bridgehead atoms. The smallest absolute Gasteiger partial charge is 0.407 e. The fourth-order valence-corrected chi connectivity index (χ4v) is 1.98. The fourth-order valence-electron chi connectivity index (χ4n) is 1.98. The summed E-state index contributed by atoms with van der Waals surface area (Å²) >= 11 is 0. The third-order valence-electron chi connectivity index (χ3n) is 3.04. The third-order valence-corrected chi connectivity index (χ3v) is 3.04. The molecule has 0 aliphatic heterocycles. The second-order valence-electron chi connectivity index (χ2n) is 6.34. The molecule has 0 aromatic rings. The van der Waals surface area contributed by atoms with Crippen LogP contribution in [-0.4, -0.2) is 49.5 Å². The Hall–Kier alpha value is -0.950. The molecule has 1 aliphatic carbocycles. The molecular weight excluding hydrogens is 282 g/mol. The Kier molecular flexibility index (Phi) is 6.34. The number of nitrogens with one attached hydrogen (secondary N) is 2. The van der Waals surface area contributed by atoms with Crippen LogP contribution in [-0.2, 0) is 9.47 Å². The number of carbonyl (C=O) groups excluding carboxylic acids is 1. The van der Waals surface area contributed by atoms with Crippen LogP contribution < -0.4 is 10.6 Å². The minimum Gasteiger partial charge on any atom is -0.444 e. The zero-order valence-electron chi connectivity index (χ0n) is 13.2. The van der Waals surface area contributed by atoms with Crippen molar-refractivity contribution in [1.29, 1.82) is 0 Å². The van der Waals surface area contributed by atoms with Crippen molar-refractivity contribution in [2.24, 2.45) is 0 Å². The van der Waals surface area contributed by atoms with Crippen molar-refractivity contribution in [3.8, 4) is 0 Å². The van der Waals surface area contributed by atoms with E-state index in [0.29, 0.717) is 6.61 Å². The highest BCUT2D eigenvalue weighted by atomic mass is 19.3. The normalized spacial score (nSPS) is 22.6. The fraction of sp³-hybridized carbons (Fsp3) is 0.929. The Labute approximate surface area is 124 Å². The molecule has 21 heavy (non-hydrogen) atoms. The maximum absolute atomic E-state index is 13.6. The van der Waals surface area contributed by atoms with E-state index < -0.39 is 30.7 Å². The van der Waals surface area contributed by atoms with Gasteiger partial charge in [-0.25, -0.2) is 13.6 Å². The summed E-state index contributed by atoms with van der Waals surface area (Å²) in [6.07, 6.45) is 0.857. The number of ether oxygens (including phenoxy) is 2. The number of hydrogen-bond acceptors (Lipinski definition) is 4. The predicted octanol–water partition coefficient (Wildman–Crippen LogP) is 2.30. The summed E-state index contributed by atoms with van der Waals surface area (Å²) in [7, 11) is 0. The highest BCUT2D eigenvalue weighted by Crippen LogP contribution is 2.24. The van der Waals surface area contributed by atoms with Crippen molar-refractivity contribution in [2.75, 3.05) is 19.7 Å². The van der Waals surface area contributed by atoms with E-state index in [1.54, 1.807) is 20.8 Å². The molecule has 0 heterocycles. The average molecular weight is 308 g/mol. The van der Waals surface area contributed by atoms with Crippen LogP contribution in [0.2, 0.25) is 0 Å². The summed E-state index contributed by atoms with van der Waals surface area (Å²) < 4.78 is 37.5. The van der Waals surface area contributed by atoms with Crippen LogP contribution in [0.3, 0.4) is 0 Å². The summed E-state index contributed by atoms with van der Waals surface area (Å²) in [5.74, 6) is -3.01. The van der Waals surface area contributed by atoms with Gasteiger partial charge in [-0.3, -0.25) is 0 Å². The van der Waals surface area contributed by atoms with Gasteiger partial charge in [-0.1, -0.05) is 0 Å². The van der Waals surface area contributed by atoms with Crippen LogP contribution in [0.1, 0.15) is 40.5 Å². The third kappa shape index (κ3) is 7.57. The minimum absolute atomic E-state index is 0.0638. The maximum atomic E-state index is 13.6. The zero-order valence-corrected chi connectivity index (χ0v) is 13.2. The van der Waals surface area contributed by atoms with Crippen molar-refractivity contribution in [2.45, 2.75) is 64.2 Å². The molecule has 1 aliphatic rings. The van der Waals surface area contributed by atoms with E-state index in [2.05, 4.69) is 10.6 Å². The van der Waals surface area contributed by atoms with Crippen LogP contribution in [0.15, 0.2) is 0 Å². The lowest BCUT2D eigenvalue weighted by atomic mass is 9.89. The number of rotatable bonds is 7. The molecule has 1 saturated carbocycles. The van der Waals surface area contributed by atoms with Crippen molar-refractivity contribution in [3.63, 3.8) is 0 Å². The minimum atomic E-state index is -3.01. The van der Waals surface area contributed by atoms with Gasteiger partial charge in [0.25, 0.3) is 5.92 Å². The molecule has 0 unspecified atom stereocenters. The first kappa shape index (κ1) is 18.1. The standard InChI is InChI=1S/C14H26F2N2O3/c1-5-20-11-6-10(7-11)17-8-14(15,16)9-18-12(19)21-13(2,3)4/h10-11,17H,5-9H2,1-4H3,(H,18,19). The SMILES string of the molecule is CCOC1CC(NCC(F)(F)CNC(=O)OC(C)(C)C)C1. The molecular formula is C14H26F2N2O3. The molecule has 124 valence electrons. The second-order valence-corrected chi connectivity index (χ2v) is 6.34. The van der Waals surface area contributed by atoms with Crippen molar-refractivity contribution in [3.05, 3.63) is 0 Å². The average Bonchev–Trinajstić information content (AvgIpc) is 2.27. The number of carbonyl (C=O) groups is 1. The summed E-state index contributed by atoms with van der Waals surface area (Å²) in [5.41, 5.74) is -0.697. The Morgan fingerprint density at radius 1 is 1.24 bits per heavy atom. The first-order chi connectivity index (χ1) is 9.61. The van der Waals surface area contributed by atoms with Crippen LogP contribution in [0.4, 0.5) is 13.6 Å². The van der Waals surface area contributed by atoms with Crippen LogP contribution in [0, 0.1) is 0 Å². The Balaban J connectivity index is 2.17. The van der Waals surface area contributed by atoms with Gasteiger partial charge in [0.2, 0.25) is 0 Å². The van der Waals surface area contributed by atoms with E-state index in [1.165, 1.54) is 0 Å². The Morgan fingerprint density at radius 2 is 1.86 bits per heavy atom. The van der Waals surface area contributed by atoms with Crippen molar-refractivity contribution < 1.29 is 23.0 Å². The molecule has 5 nitrogen and oxygen atoms in total. The maximum Gasteiger partial charge on any atom is 0.407 e. The predicted molar refractivity (Wildman–Crippen MR) is 75.6 cm³/mol. The largest absolute Gasteiger partial charge is 0.444 e. The van der Waals surface area contributed by atoms with Gasteiger partial charge in [0.05, 0.1) is 19.2 Å². The van der Waals surface area contributed by atoms with Crippen molar-refractivity contribution in [1.82, 2.24) is 10.6 Å². The molecule has 1 fully saturated rings. The van der Waals surface area contributed by atoms with E-state index in [1.807, 2.05) is 6.92 Å². The number of alkyl carbamates (subject to hydrolysis) is 1. The molecule has 0 saturated heterocycles. The van der Waals surface area contributed by atoms with Gasteiger partial charge in [-0.05, 0) is 40.5 Å². The van der Waals surface area contributed by atoms with E-state index >= 15 is 0 Å². The summed E-state index contributed by atoms with van der Waals surface area (Å²) in [6.45, 7) is 6.39. The van der Waals surface area contributed by atoms with Crippen LogP contribution in [0.25, 0.3) is 0 Å². The lowest BCUT2D eigenvalue weighted by Gasteiger charge is -2.36. The Bertz CT molecular complexity index is 340. The molecule has 7 heteroatoms. The van der Waals surface area contributed by atoms with Crippen LogP contribution in [0.5, 0.6) is 0 Å². The van der Waals surface area contributed by atoms with Gasteiger partial charge in [0.15, 0.2) is 0 Å². The van der Waals surface area contributed by atoms with Crippen molar-refractivity contribution >= 4 is 6.09 Å². The molecule has 0 aromatic heterocycles. The molecule has 0 atom stereocenters. The summed E-state index contributed by atoms with van der Waals surface area (Å²) in [5, 5.41) is 4.89. The molecule has 1 amide bonds. The summed E-state index contributed by atoms with van der Waals surface area (Å²) in [6, 6.07) is 0.0638. The highest BCUT2D eigenvalue weighted by Gasteiger charge is 2.35. The topological polar surface area (TPSA) is 59.6 Å². The first-order valence-electron chi connectivity index (χ1n) is 7.31. The van der Waals surface area contributed by atoms with E-state index in [9.17, 15) is 13.6 Å². The summed E-state index contributed by atoms with van der Waals surface area (Å²) in [4.78, 5) is 11.3. The molecule has 2 N–H and O–H groups in total. The molecule has 0 aromatic carbocycles. The molecule has 1 rings (SSSR count). The van der Waals surface area contributed by atoms with Gasteiger partial charge < -0.3 is 20.1 Å². The second kappa shape index (κ2) is 7.35. The number of amides is 1. The lowest BCUT2D eigenvalue weighted by Crippen LogP contribution is -2.51. The van der Waals surface area contributed by atoms with Gasteiger partial charge >= 0.3 is 6.09 Å². The highest BCUT2D eigenvalue weighted by molar-refractivity contribution is 5.67. The monoisotopic (exact) mass is 308 g/mol. The van der Waals surface area contributed by atoms with Gasteiger partial charge in [0, 0.05) is 12.6 Å². The van der Waals surface area contributed by atoms with E-state index in [-0.39, 0.29) is 12.1 Å². The zero-order chi connectivity index (χ0) is 16.1. The van der Waals surface area contributed by atoms with Gasteiger partial charge in [-0.15, -0.1) is 0 Å². The number of alkyl halides is 2. The Morgan fingerprint density at radius 3 is 2.38 bits per heavy atom. The number of halogens is 2. The van der Waals surface area contributed by atoms with E-state index in [0.717, 1.165) is 12.8 Å². The van der Waals surface area contributed by atoms with Gasteiger partial charge in [0.1, 0.15) is 5.60 Å². The molecule has 0 spiro atoms. The van der Waals surface area contributed by atoms with Crippen LogP contribution >= 0.6 is 0 Å². The quantitative estimate of drug-likeness (QED) is 0.758. The molecule has 0 radical (unpaired) electrons. The first-order valence-corrected chi connectivity index (χ1v) is 7.31. The van der Waals surface area contributed by atoms with E-state index in [4.69, 9.17) is 9.47 Å². The lowest BCUT2D eigenvalue weighted by molar-refractivity contribution is -0.0325. The van der Waals surface area contributed by atoms with Gasteiger partial charge in [-0.2, -0.15) is 0 Å². The number of hydrogen-bond donors (Lipinski definition) is 2.